The van der Waals surface area contributed by atoms with Crippen LogP contribution in [-0.4, -0.2) is 39.4 Å². The second-order valence-electron chi connectivity index (χ2n) is 8.02. The Morgan fingerprint density at radius 1 is 1.12 bits per heavy atom. The third-order valence-corrected chi connectivity index (χ3v) is 6.19. The van der Waals surface area contributed by atoms with Crippen molar-refractivity contribution in [3.05, 3.63) is 95.4 Å². The summed E-state index contributed by atoms with van der Waals surface area (Å²) < 4.78 is 9.65. The molecule has 0 radical (unpaired) electrons. The van der Waals surface area contributed by atoms with E-state index < -0.39 is 0 Å². The lowest BCUT2D eigenvalue weighted by Crippen LogP contribution is -2.40. The van der Waals surface area contributed by atoms with Gasteiger partial charge in [-0.3, -0.25) is 0 Å². The summed E-state index contributed by atoms with van der Waals surface area (Å²) in [5.74, 6) is 1.73. The first kappa shape index (κ1) is 20.9. The number of aryl methyl sites for hydroxylation is 1. The number of urea groups is 1. The molecule has 1 atom stereocenters. The molecule has 1 aliphatic rings. The summed E-state index contributed by atoms with van der Waals surface area (Å²) in [4.78, 5) is 15.1. The summed E-state index contributed by atoms with van der Waals surface area (Å²) >= 11 is 0. The van der Waals surface area contributed by atoms with Crippen molar-refractivity contribution < 1.29 is 9.53 Å². The number of rotatable bonds is 4. The van der Waals surface area contributed by atoms with Crippen molar-refractivity contribution in [3.63, 3.8) is 0 Å². The third kappa shape index (κ3) is 3.46. The normalized spacial score (nSPS) is 14.9. The summed E-state index contributed by atoms with van der Waals surface area (Å²) in [6, 6.07) is 21.7. The first-order valence-electron chi connectivity index (χ1n) is 11.1. The summed E-state index contributed by atoms with van der Waals surface area (Å²) in [5.41, 5.74) is 4.99. The number of para-hydroxylation sites is 1. The molecule has 2 aromatic carbocycles. The highest BCUT2D eigenvalue weighted by Crippen LogP contribution is 2.39. The van der Waals surface area contributed by atoms with Crippen LogP contribution in [-0.2, 0) is 13.0 Å². The van der Waals surface area contributed by atoms with E-state index in [1.807, 2.05) is 58.1 Å². The van der Waals surface area contributed by atoms with Crippen molar-refractivity contribution in [1.82, 2.24) is 24.6 Å². The number of nitrogens with one attached hydrogen (secondary N) is 1. The molecule has 3 heterocycles. The Balaban J connectivity index is 1.78. The van der Waals surface area contributed by atoms with Gasteiger partial charge < -0.3 is 19.5 Å². The minimum Gasteiger partial charge on any atom is -0.497 e. The molecule has 7 heteroatoms. The highest BCUT2D eigenvalue weighted by molar-refractivity contribution is 5.75. The zero-order valence-corrected chi connectivity index (χ0v) is 19.0. The fourth-order valence-electron chi connectivity index (χ4n) is 4.65. The molecule has 0 aliphatic carbocycles. The van der Waals surface area contributed by atoms with Gasteiger partial charge in [-0.05, 0) is 48.4 Å². The summed E-state index contributed by atoms with van der Waals surface area (Å²) in [6.45, 7) is 2.54. The van der Waals surface area contributed by atoms with Crippen molar-refractivity contribution in [2.45, 2.75) is 25.9 Å². The average Bonchev–Trinajstić information content (AvgIpc) is 3.45. The van der Waals surface area contributed by atoms with Crippen LogP contribution in [0.3, 0.4) is 0 Å². The van der Waals surface area contributed by atoms with E-state index in [1.54, 1.807) is 14.2 Å². The maximum absolute atomic E-state index is 13.2. The van der Waals surface area contributed by atoms with E-state index in [4.69, 9.17) is 9.84 Å². The first-order chi connectivity index (χ1) is 16.2. The molecule has 1 aliphatic heterocycles. The molecule has 2 amide bonds. The second-order valence-corrected chi connectivity index (χ2v) is 8.02. The lowest BCUT2D eigenvalue weighted by molar-refractivity contribution is 0.182. The van der Waals surface area contributed by atoms with E-state index in [0.29, 0.717) is 6.54 Å². The fourth-order valence-corrected chi connectivity index (χ4v) is 4.65. The summed E-state index contributed by atoms with van der Waals surface area (Å²) in [7, 11) is 3.33. The van der Waals surface area contributed by atoms with Gasteiger partial charge in [0, 0.05) is 18.8 Å². The molecular formula is C26H27N5O2. The molecule has 1 N–H and O–H groups in total. The van der Waals surface area contributed by atoms with Crippen LogP contribution in [0.15, 0.2) is 72.9 Å². The number of fused-ring (bicyclic) bond motifs is 3. The summed E-state index contributed by atoms with van der Waals surface area (Å²) in [5, 5.41) is 7.80. The Hall–Kier alpha value is -4.00. The zero-order valence-electron chi connectivity index (χ0n) is 19.0. The van der Waals surface area contributed by atoms with Crippen molar-refractivity contribution >= 4 is 6.03 Å². The molecular weight excluding hydrogens is 414 g/mol. The maximum Gasteiger partial charge on any atom is 0.318 e. The number of benzene rings is 2. The minimum atomic E-state index is -0.295. The third-order valence-electron chi connectivity index (χ3n) is 6.19. The minimum absolute atomic E-state index is 0.141. The Bertz CT molecular complexity index is 1290. The van der Waals surface area contributed by atoms with Crippen LogP contribution >= 0.6 is 0 Å². The number of aromatic nitrogens is 3. The molecule has 0 fully saturated rings. The van der Waals surface area contributed by atoms with Gasteiger partial charge in [0.05, 0.1) is 36.8 Å². The highest BCUT2D eigenvalue weighted by atomic mass is 16.5. The van der Waals surface area contributed by atoms with Crippen LogP contribution in [0.25, 0.3) is 11.5 Å². The standard InChI is InChI=1S/C26H27N5O2/c1-4-22-21-17-30(26(32)27-2)24(18-10-8-13-20(16-18)33-3)23-14-9-15-29(23)25(21)31(28-22)19-11-6-5-7-12-19/h5-16,24H,4,17H2,1-3H3,(H,27,32)/t24-/m0/s1. The molecule has 33 heavy (non-hydrogen) atoms. The van der Waals surface area contributed by atoms with Gasteiger partial charge in [0.15, 0.2) is 0 Å². The van der Waals surface area contributed by atoms with Gasteiger partial charge in [0.2, 0.25) is 0 Å². The Morgan fingerprint density at radius 3 is 2.67 bits per heavy atom. The lowest BCUT2D eigenvalue weighted by atomic mass is 10.0. The van der Waals surface area contributed by atoms with Gasteiger partial charge in [-0.1, -0.05) is 37.3 Å². The van der Waals surface area contributed by atoms with E-state index >= 15 is 0 Å². The molecule has 168 valence electrons. The molecule has 2 aromatic heterocycles. The van der Waals surface area contributed by atoms with Crippen LogP contribution in [0.4, 0.5) is 4.79 Å². The number of hydrogen-bond acceptors (Lipinski definition) is 3. The van der Waals surface area contributed by atoms with Gasteiger partial charge in [0.25, 0.3) is 0 Å². The number of ether oxygens (including phenoxy) is 1. The van der Waals surface area contributed by atoms with E-state index in [-0.39, 0.29) is 12.1 Å². The van der Waals surface area contributed by atoms with Crippen molar-refractivity contribution in [2.24, 2.45) is 0 Å². The second kappa shape index (κ2) is 8.50. The predicted octanol–water partition coefficient (Wildman–Crippen LogP) is 4.48. The summed E-state index contributed by atoms with van der Waals surface area (Å²) in [6.07, 6.45) is 2.82. The van der Waals surface area contributed by atoms with E-state index in [2.05, 4.69) is 41.2 Å². The Morgan fingerprint density at radius 2 is 1.94 bits per heavy atom. The van der Waals surface area contributed by atoms with E-state index in [9.17, 15) is 4.79 Å². The maximum atomic E-state index is 13.2. The number of hydrogen-bond donors (Lipinski definition) is 1. The molecule has 0 bridgehead atoms. The first-order valence-corrected chi connectivity index (χ1v) is 11.1. The van der Waals surface area contributed by atoms with Crippen molar-refractivity contribution in [1.29, 1.82) is 0 Å². The van der Waals surface area contributed by atoms with Crippen LogP contribution < -0.4 is 10.1 Å². The molecule has 7 nitrogen and oxygen atoms in total. The molecule has 0 unspecified atom stereocenters. The van der Waals surface area contributed by atoms with Gasteiger partial charge in [0.1, 0.15) is 11.6 Å². The highest BCUT2D eigenvalue weighted by Gasteiger charge is 2.36. The Labute approximate surface area is 193 Å². The van der Waals surface area contributed by atoms with Crippen molar-refractivity contribution in [2.75, 3.05) is 14.2 Å². The van der Waals surface area contributed by atoms with E-state index in [1.165, 1.54) is 0 Å². The van der Waals surface area contributed by atoms with Crippen LogP contribution in [0.2, 0.25) is 0 Å². The molecule has 0 saturated carbocycles. The Kier molecular flexibility index (Phi) is 5.38. The molecule has 5 rings (SSSR count). The number of amides is 2. The average molecular weight is 442 g/mol. The number of carbonyl (C=O) groups excluding carboxylic acids is 1. The van der Waals surface area contributed by atoms with Gasteiger partial charge in [-0.2, -0.15) is 5.10 Å². The molecule has 0 saturated heterocycles. The lowest BCUT2D eigenvalue weighted by Gasteiger charge is -2.30. The van der Waals surface area contributed by atoms with Gasteiger partial charge in [-0.15, -0.1) is 0 Å². The smallest absolute Gasteiger partial charge is 0.318 e. The topological polar surface area (TPSA) is 64.3 Å². The van der Waals surface area contributed by atoms with E-state index in [0.717, 1.165) is 46.2 Å². The number of nitrogens with zero attached hydrogens (tertiary/aromatic N) is 4. The monoisotopic (exact) mass is 441 g/mol. The number of methoxy groups -OCH3 is 1. The predicted molar refractivity (Wildman–Crippen MR) is 127 cm³/mol. The fraction of sp³-hybridized carbons (Fsp3) is 0.231. The van der Waals surface area contributed by atoms with Crippen LogP contribution in [0, 0.1) is 0 Å². The molecule has 4 aromatic rings. The zero-order chi connectivity index (χ0) is 22.9. The molecule has 0 spiro atoms. The van der Waals surface area contributed by atoms with Crippen molar-refractivity contribution in [3.8, 4) is 17.3 Å². The van der Waals surface area contributed by atoms with Gasteiger partial charge >= 0.3 is 6.03 Å². The largest absolute Gasteiger partial charge is 0.497 e. The number of carbonyl (C=O) groups is 1. The van der Waals surface area contributed by atoms with Crippen LogP contribution in [0.1, 0.15) is 35.5 Å². The quantitative estimate of drug-likeness (QED) is 0.508. The SMILES string of the molecule is CCc1nn(-c2ccccc2)c2c1CN(C(=O)NC)[C@@H](c1cccc(OC)c1)c1cccn1-2. The van der Waals surface area contributed by atoms with Gasteiger partial charge in [-0.25, -0.2) is 9.48 Å². The van der Waals surface area contributed by atoms with Crippen LogP contribution in [0.5, 0.6) is 5.75 Å².